The predicted octanol–water partition coefficient (Wildman–Crippen LogP) is 4.57. The van der Waals surface area contributed by atoms with Crippen LogP contribution >= 0.6 is 0 Å². The molecule has 35 heavy (non-hydrogen) atoms. The summed E-state index contributed by atoms with van der Waals surface area (Å²) in [4.78, 5) is 15.5. The highest BCUT2D eigenvalue weighted by Gasteiger charge is 2.42. The van der Waals surface area contributed by atoms with E-state index in [1.165, 1.54) is 0 Å². The third kappa shape index (κ3) is 3.45. The summed E-state index contributed by atoms with van der Waals surface area (Å²) in [7, 11) is 3.20. The zero-order valence-electron chi connectivity index (χ0n) is 19.3. The minimum Gasteiger partial charge on any atom is -0.493 e. The maximum Gasteiger partial charge on any atom is 0.273 e. The Morgan fingerprint density at radius 3 is 2.57 bits per heavy atom. The second-order valence-electron chi connectivity index (χ2n) is 8.36. The number of aromatic amines is 1. The molecule has 0 radical (unpaired) electrons. The molecule has 8 heteroatoms. The molecule has 1 unspecified atom stereocenters. The summed E-state index contributed by atoms with van der Waals surface area (Å²) in [5.74, 6) is 2.49. The molecule has 2 aliphatic rings. The van der Waals surface area contributed by atoms with Crippen LogP contribution in [0.15, 0.2) is 66.7 Å². The van der Waals surface area contributed by atoms with Crippen LogP contribution in [0.1, 0.15) is 33.2 Å². The van der Waals surface area contributed by atoms with Gasteiger partial charge in [-0.1, -0.05) is 42.5 Å². The first-order valence-electron chi connectivity index (χ1n) is 11.2. The van der Waals surface area contributed by atoms with Gasteiger partial charge in [0, 0.05) is 17.7 Å². The predicted molar refractivity (Wildman–Crippen MR) is 128 cm³/mol. The van der Waals surface area contributed by atoms with E-state index in [9.17, 15) is 4.79 Å². The number of benzene rings is 3. The zero-order valence-corrected chi connectivity index (χ0v) is 19.3. The number of aromatic nitrogens is 2. The standard InChI is InChI=1S/C27H23N3O5/c1-32-19-11-9-18(13-21(19)33-2)26-23-24(17-6-4-3-5-7-17)28-29-25(23)27(31)30(26)14-16-8-10-20-22(12-16)35-15-34-20/h3-13,26H,14-15H2,1-2H3,(H,28,29). The highest BCUT2D eigenvalue weighted by molar-refractivity contribution is 6.00. The average molecular weight is 469 g/mol. The van der Waals surface area contributed by atoms with Gasteiger partial charge in [0.2, 0.25) is 6.79 Å². The summed E-state index contributed by atoms with van der Waals surface area (Å²) in [6, 6.07) is 21.0. The maximum atomic E-state index is 13.7. The number of carbonyl (C=O) groups is 1. The number of carbonyl (C=O) groups excluding carboxylic acids is 1. The molecule has 8 nitrogen and oxygen atoms in total. The number of fused-ring (bicyclic) bond motifs is 2. The topological polar surface area (TPSA) is 85.9 Å². The molecule has 1 N–H and O–H groups in total. The van der Waals surface area contributed by atoms with Crippen LogP contribution in [-0.2, 0) is 6.54 Å². The number of nitrogens with zero attached hydrogens (tertiary/aromatic N) is 2. The van der Waals surface area contributed by atoms with Crippen molar-refractivity contribution >= 4 is 5.91 Å². The molecule has 0 fully saturated rings. The van der Waals surface area contributed by atoms with Gasteiger partial charge in [-0.05, 0) is 35.4 Å². The molecule has 0 saturated carbocycles. The Balaban J connectivity index is 1.47. The summed E-state index contributed by atoms with van der Waals surface area (Å²) in [6.07, 6.45) is 0. The van der Waals surface area contributed by atoms with Crippen molar-refractivity contribution in [2.24, 2.45) is 0 Å². The van der Waals surface area contributed by atoms with Crippen LogP contribution in [0, 0.1) is 0 Å². The third-order valence-corrected chi connectivity index (χ3v) is 6.42. The quantitative estimate of drug-likeness (QED) is 0.445. The van der Waals surface area contributed by atoms with E-state index in [-0.39, 0.29) is 18.7 Å². The average Bonchev–Trinajstić information content (AvgIpc) is 3.61. The first kappa shape index (κ1) is 21.1. The van der Waals surface area contributed by atoms with Crippen LogP contribution in [0.3, 0.4) is 0 Å². The van der Waals surface area contributed by atoms with Crippen LogP contribution in [0.5, 0.6) is 23.0 Å². The lowest BCUT2D eigenvalue weighted by molar-refractivity contribution is 0.0729. The van der Waals surface area contributed by atoms with Gasteiger partial charge in [-0.3, -0.25) is 9.89 Å². The molecule has 0 spiro atoms. The van der Waals surface area contributed by atoms with Gasteiger partial charge < -0.3 is 23.8 Å². The third-order valence-electron chi connectivity index (χ3n) is 6.42. The summed E-state index contributed by atoms with van der Waals surface area (Å²) in [5, 5.41) is 7.54. The molecule has 1 atom stereocenters. The Morgan fingerprint density at radius 1 is 0.971 bits per heavy atom. The summed E-state index contributed by atoms with van der Waals surface area (Å²) in [5.41, 5.74) is 4.86. The number of rotatable bonds is 6. The number of ether oxygens (including phenoxy) is 4. The molecule has 2 aliphatic heterocycles. The lowest BCUT2D eigenvalue weighted by Crippen LogP contribution is -2.29. The van der Waals surface area contributed by atoms with Crippen molar-refractivity contribution < 1.29 is 23.7 Å². The van der Waals surface area contributed by atoms with Crippen molar-refractivity contribution in [1.29, 1.82) is 0 Å². The van der Waals surface area contributed by atoms with E-state index in [0.29, 0.717) is 35.2 Å². The second-order valence-corrected chi connectivity index (χ2v) is 8.36. The maximum absolute atomic E-state index is 13.7. The minimum absolute atomic E-state index is 0.118. The van der Waals surface area contributed by atoms with Crippen molar-refractivity contribution in [2.75, 3.05) is 21.0 Å². The lowest BCUT2D eigenvalue weighted by atomic mass is 9.95. The van der Waals surface area contributed by atoms with Crippen molar-refractivity contribution in [1.82, 2.24) is 15.1 Å². The molecular weight excluding hydrogens is 446 g/mol. The normalized spacial score (nSPS) is 15.9. The van der Waals surface area contributed by atoms with E-state index in [4.69, 9.17) is 18.9 Å². The molecule has 3 aromatic carbocycles. The Bertz CT molecular complexity index is 1420. The molecule has 0 aliphatic carbocycles. The van der Waals surface area contributed by atoms with E-state index in [1.54, 1.807) is 14.2 Å². The first-order valence-corrected chi connectivity index (χ1v) is 11.2. The lowest BCUT2D eigenvalue weighted by Gasteiger charge is -2.27. The fourth-order valence-corrected chi connectivity index (χ4v) is 4.78. The highest BCUT2D eigenvalue weighted by Crippen LogP contribution is 2.45. The molecule has 4 aromatic rings. The number of H-pyrrole nitrogens is 1. The Kier molecular flexibility index (Phi) is 5.06. The van der Waals surface area contributed by atoms with Crippen LogP contribution in [0.25, 0.3) is 11.3 Å². The number of hydrogen-bond donors (Lipinski definition) is 1. The van der Waals surface area contributed by atoms with E-state index < -0.39 is 0 Å². The van der Waals surface area contributed by atoms with Crippen LogP contribution < -0.4 is 18.9 Å². The van der Waals surface area contributed by atoms with Crippen LogP contribution in [0.4, 0.5) is 0 Å². The summed E-state index contributed by atoms with van der Waals surface area (Å²) < 4.78 is 22.0. The number of methoxy groups -OCH3 is 2. The van der Waals surface area contributed by atoms with Crippen LogP contribution in [0.2, 0.25) is 0 Å². The largest absolute Gasteiger partial charge is 0.493 e. The molecular formula is C27H23N3O5. The molecule has 6 rings (SSSR count). The Hall–Kier alpha value is -4.46. The first-order chi connectivity index (χ1) is 17.2. The SMILES string of the molecule is COc1ccc(C2c3c(-c4ccccc4)n[nH]c3C(=O)N2Cc2ccc3c(c2)OCO3)cc1OC. The Morgan fingerprint density at radius 2 is 1.77 bits per heavy atom. The summed E-state index contributed by atoms with van der Waals surface area (Å²) >= 11 is 0. The number of amides is 1. The monoisotopic (exact) mass is 469 g/mol. The van der Waals surface area contributed by atoms with Gasteiger partial charge in [-0.2, -0.15) is 5.10 Å². The Labute approximate surface area is 202 Å². The van der Waals surface area contributed by atoms with Gasteiger partial charge in [0.25, 0.3) is 5.91 Å². The molecule has 3 heterocycles. The molecule has 0 bridgehead atoms. The van der Waals surface area contributed by atoms with Gasteiger partial charge in [0.15, 0.2) is 23.0 Å². The summed E-state index contributed by atoms with van der Waals surface area (Å²) in [6.45, 7) is 0.581. The highest BCUT2D eigenvalue weighted by atomic mass is 16.7. The van der Waals surface area contributed by atoms with Gasteiger partial charge in [-0.15, -0.1) is 0 Å². The van der Waals surface area contributed by atoms with Crippen molar-refractivity contribution in [3.8, 4) is 34.3 Å². The van der Waals surface area contributed by atoms with Gasteiger partial charge in [-0.25, -0.2) is 0 Å². The molecule has 0 saturated heterocycles. The van der Waals surface area contributed by atoms with Gasteiger partial charge >= 0.3 is 0 Å². The number of hydrogen-bond acceptors (Lipinski definition) is 6. The zero-order chi connectivity index (χ0) is 23.9. The van der Waals surface area contributed by atoms with E-state index >= 15 is 0 Å². The van der Waals surface area contributed by atoms with Crippen molar-refractivity contribution in [3.63, 3.8) is 0 Å². The molecule has 1 aromatic heterocycles. The van der Waals surface area contributed by atoms with E-state index in [1.807, 2.05) is 71.6 Å². The van der Waals surface area contributed by atoms with Gasteiger partial charge in [0.05, 0.1) is 26.0 Å². The van der Waals surface area contributed by atoms with Crippen molar-refractivity contribution in [2.45, 2.75) is 12.6 Å². The van der Waals surface area contributed by atoms with E-state index in [2.05, 4.69) is 10.2 Å². The second kappa shape index (κ2) is 8.39. The number of nitrogens with one attached hydrogen (secondary N) is 1. The van der Waals surface area contributed by atoms with Crippen LogP contribution in [-0.4, -0.2) is 42.0 Å². The van der Waals surface area contributed by atoms with Gasteiger partial charge in [0.1, 0.15) is 5.69 Å². The fourth-order valence-electron chi connectivity index (χ4n) is 4.78. The molecule has 176 valence electrons. The smallest absolute Gasteiger partial charge is 0.273 e. The molecule has 1 amide bonds. The van der Waals surface area contributed by atoms with E-state index in [0.717, 1.165) is 27.9 Å². The minimum atomic E-state index is -0.378. The fraction of sp³-hybridized carbons (Fsp3) is 0.185. The van der Waals surface area contributed by atoms with Crippen molar-refractivity contribution in [3.05, 3.63) is 89.1 Å².